The molecule has 3 aromatic carbocycles. The molecule has 0 amide bonds. The Kier molecular flexibility index (Phi) is 4.51. The molecule has 3 heteroatoms. The monoisotopic (exact) mass is 355 g/mol. The number of carbonyl (C=O) groups excluding carboxylic acids is 1. The molecule has 0 bridgehead atoms. The Morgan fingerprint density at radius 3 is 2.26 bits per heavy atom. The first-order valence-corrected chi connectivity index (χ1v) is 8.99. The summed E-state index contributed by atoms with van der Waals surface area (Å²) in [5, 5.41) is 0.919. The van der Waals surface area contributed by atoms with Gasteiger partial charge in [-0.15, -0.1) is 0 Å². The van der Waals surface area contributed by atoms with Crippen molar-refractivity contribution in [3.05, 3.63) is 95.6 Å². The summed E-state index contributed by atoms with van der Waals surface area (Å²) < 4.78 is 7.37. The normalized spacial score (nSPS) is 10.9. The fourth-order valence-corrected chi connectivity index (χ4v) is 3.59. The van der Waals surface area contributed by atoms with Gasteiger partial charge in [0.1, 0.15) is 0 Å². The Labute approximate surface area is 158 Å². The van der Waals surface area contributed by atoms with Crippen molar-refractivity contribution in [2.75, 3.05) is 7.11 Å². The van der Waals surface area contributed by atoms with Gasteiger partial charge in [0.25, 0.3) is 0 Å². The zero-order chi connectivity index (χ0) is 18.8. The Hall–Kier alpha value is -3.33. The van der Waals surface area contributed by atoms with Crippen molar-refractivity contribution in [3.8, 4) is 11.3 Å². The summed E-state index contributed by atoms with van der Waals surface area (Å²) in [6, 6.07) is 26.5. The van der Waals surface area contributed by atoms with Crippen molar-refractivity contribution in [2.24, 2.45) is 0 Å². The van der Waals surface area contributed by atoms with Gasteiger partial charge in [0.2, 0.25) is 0 Å². The zero-order valence-corrected chi connectivity index (χ0v) is 15.5. The average Bonchev–Trinajstić information content (AvgIpc) is 3.02. The number of nitrogens with zero attached hydrogens (tertiary/aromatic N) is 1. The van der Waals surface area contributed by atoms with Gasteiger partial charge in [0.05, 0.1) is 18.4 Å². The molecular formula is C24H21NO2. The molecule has 0 N–H and O–H groups in total. The first-order chi connectivity index (χ1) is 13.2. The summed E-state index contributed by atoms with van der Waals surface area (Å²) in [6.07, 6.45) is 0. The molecule has 0 spiro atoms. The Morgan fingerprint density at radius 1 is 0.926 bits per heavy atom. The quantitative estimate of drug-likeness (QED) is 0.456. The molecular weight excluding hydrogens is 334 g/mol. The van der Waals surface area contributed by atoms with Crippen LogP contribution in [0, 0.1) is 6.92 Å². The first-order valence-electron chi connectivity index (χ1n) is 8.99. The molecule has 3 nitrogen and oxygen atoms in total. The van der Waals surface area contributed by atoms with E-state index in [2.05, 4.69) is 29.7 Å². The van der Waals surface area contributed by atoms with Crippen LogP contribution < -0.4 is 0 Å². The van der Waals surface area contributed by atoms with Gasteiger partial charge in [0, 0.05) is 17.4 Å². The number of fused-ring (bicyclic) bond motifs is 1. The highest BCUT2D eigenvalue weighted by atomic mass is 16.5. The van der Waals surface area contributed by atoms with E-state index in [4.69, 9.17) is 4.74 Å². The fraction of sp³-hybridized carbons (Fsp3) is 0.125. The lowest BCUT2D eigenvalue weighted by atomic mass is 10.0. The summed E-state index contributed by atoms with van der Waals surface area (Å²) in [6.45, 7) is 2.75. The summed E-state index contributed by atoms with van der Waals surface area (Å²) in [4.78, 5) is 12.7. The van der Waals surface area contributed by atoms with Crippen LogP contribution in [0.2, 0.25) is 0 Å². The van der Waals surface area contributed by atoms with E-state index in [1.807, 2.05) is 60.7 Å². The van der Waals surface area contributed by atoms with Gasteiger partial charge in [-0.25, -0.2) is 4.79 Å². The van der Waals surface area contributed by atoms with Gasteiger partial charge in [0.15, 0.2) is 0 Å². The number of hydrogen-bond acceptors (Lipinski definition) is 2. The SMILES string of the molecule is COC(=O)c1c(-c2ccccc2)n(Cc2ccccc2)c2cc(C)ccc12. The number of aromatic nitrogens is 1. The number of esters is 1. The molecule has 0 aliphatic rings. The van der Waals surface area contributed by atoms with Crippen LogP contribution in [0.25, 0.3) is 22.2 Å². The van der Waals surface area contributed by atoms with Gasteiger partial charge in [-0.2, -0.15) is 0 Å². The number of carbonyl (C=O) groups is 1. The van der Waals surface area contributed by atoms with E-state index < -0.39 is 0 Å². The fourth-order valence-electron chi connectivity index (χ4n) is 3.59. The minimum atomic E-state index is -0.311. The molecule has 0 saturated carbocycles. The third kappa shape index (κ3) is 3.13. The van der Waals surface area contributed by atoms with Crippen molar-refractivity contribution in [1.82, 2.24) is 4.57 Å². The molecule has 1 heterocycles. The summed E-state index contributed by atoms with van der Waals surface area (Å²) in [5.74, 6) is -0.311. The maximum absolute atomic E-state index is 12.7. The van der Waals surface area contributed by atoms with Gasteiger partial charge >= 0.3 is 5.97 Å². The highest BCUT2D eigenvalue weighted by molar-refractivity contribution is 6.10. The number of rotatable bonds is 4. The standard InChI is InChI=1S/C24H21NO2/c1-17-13-14-20-21(15-17)25(16-18-9-5-3-6-10-18)23(22(20)24(26)27-2)19-11-7-4-8-12-19/h3-15H,16H2,1-2H3. The van der Waals surface area contributed by atoms with Crippen LogP contribution in [0.4, 0.5) is 0 Å². The smallest absolute Gasteiger partial charge is 0.340 e. The van der Waals surface area contributed by atoms with Crippen LogP contribution in [0.15, 0.2) is 78.9 Å². The molecule has 4 aromatic rings. The second kappa shape index (κ2) is 7.12. The van der Waals surface area contributed by atoms with Gasteiger partial charge in [-0.3, -0.25) is 0 Å². The van der Waals surface area contributed by atoms with Crippen LogP contribution in [0.1, 0.15) is 21.5 Å². The number of hydrogen-bond donors (Lipinski definition) is 0. The van der Waals surface area contributed by atoms with Crippen LogP contribution in [0.3, 0.4) is 0 Å². The zero-order valence-electron chi connectivity index (χ0n) is 15.5. The Bertz CT molecular complexity index is 1100. The van der Waals surface area contributed by atoms with Crippen molar-refractivity contribution >= 4 is 16.9 Å². The number of ether oxygens (including phenoxy) is 1. The van der Waals surface area contributed by atoms with Crippen molar-refractivity contribution in [3.63, 3.8) is 0 Å². The predicted molar refractivity (Wildman–Crippen MR) is 109 cm³/mol. The maximum atomic E-state index is 12.7. The van der Waals surface area contributed by atoms with Crippen LogP contribution in [0.5, 0.6) is 0 Å². The Morgan fingerprint density at radius 2 is 1.59 bits per heavy atom. The highest BCUT2D eigenvalue weighted by Gasteiger charge is 2.24. The third-order valence-corrected chi connectivity index (χ3v) is 4.84. The van der Waals surface area contributed by atoms with Gasteiger partial charge in [-0.1, -0.05) is 72.8 Å². The van der Waals surface area contributed by atoms with Crippen LogP contribution in [-0.2, 0) is 11.3 Å². The molecule has 0 fully saturated rings. The lowest BCUT2D eigenvalue weighted by Crippen LogP contribution is -2.06. The van der Waals surface area contributed by atoms with Crippen LogP contribution in [-0.4, -0.2) is 17.6 Å². The molecule has 134 valence electrons. The molecule has 0 aliphatic heterocycles. The van der Waals surface area contributed by atoms with Crippen molar-refractivity contribution < 1.29 is 9.53 Å². The molecule has 0 aliphatic carbocycles. The molecule has 27 heavy (non-hydrogen) atoms. The molecule has 0 unspecified atom stereocenters. The van der Waals surface area contributed by atoms with E-state index in [1.165, 1.54) is 12.7 Å². The van der Waals surface area contributed by atoms with E-state index in [0.29, 0.717) is 12.1 Å². The largest absolute Gasteiger partial charge is 0.465 e. The van der Waals surface area contributed by atoms with E-state index in [9.17, 15) is 4.79 Å². The number of methoxy groups -OCH3 is 1. The third-order valence-electron chi connectivity index (χ3n) is 4.84. The van der Waals surface area contributed by atoms with Gasteiger partial charge in [-0.05, 0) is 29.7 Å². The molecule has 0 radical (unpaired) electrons. The molecule has 1 aromatic heterocycles. The van der Waals surface area contributed by atoms with Crippen molar-refractivity contribution in [2.45, 2.75) is 13.5 Å². The summed E-state index contributed by atoms with van der Waals surface area (Å²) in [7, 11) is 1.44. The predicted octanol–water partition coefficient (Wildman–Crippen LogP) is 5.45. The second-order valence-corrected chi connectivity index (χ2v) is 6.67. The lowest BCUT2D eigenvalue weighted by molar-refractivity contribution is 0.0603. The summed E-state index contributed by atoms with van der Waals surface area (Å²) in [5.41, 5.74) is 5.90. The van der Waals surface area contributed by atoms with E-state index in [-0.39, 0.29) is 5.97 Å². The highest BCUT2D eigenvalue weighted by Crippen LogP contribution is 2.35. The first kappa shape index (κ1) is 17.1. The van der Waals surface area contributed by atoms with E-state index in [0.717, 1.165) is 27.7 Å². The maximum Gasteiger partial charge on any atom is 0.340 e. The van der Waals surface area contributed by atoms with E-state index >= 15 is 0 Å². The minimum Gasteiger partial charge on any atom is -0.465 e. The Balaban J connectivity index is 2.06. The van der Waals surface area contributed by atoms with Crippen LogP contribution >= 0.6 is 0 Å². The van der Waals surface area contributed by atoms with E-state index in [1.54, 1.807) is 0 Å². The number of benzene rings is 3. The molecule has 4 rings (SSSR count). The van der Waals surface area contributed by atoms with Gasteiger partial charge < -0.3 is 9.30 Å². The molecule has 0 saturated heterocycles. The molecule has 0 atom stereocenters. The average molecular weight is 355 g/mol. The topological polar surface area (TPSA) is 31.2 Å². The number of aryl methyl sites for hydroxylation is 1. The van der Waals surface area contributed by atoms with Crippen molar-refractivity contribution in [1.29, 1.82) is 0 Å². The lowest BCUT2D eigenvalue weighted by Gasteiger charge is -2.13. The summed E-state index contributed by atoms with van der Waals surface area (Å²) >= 11 is 0. The minimum absolute atomic E-state index is 0.311. The second-order valence-electron chi connectivity index (χ2n) is 6.67.